The lowest BCUT2D eigenvalue weighted by atomic mass is 9.99. The van der Waals surface area contributed by atoms with Gasteiger partial charge in [-0.1, -0.05) is 23.4 Å². The van der Waals surface area contributed by atoms with E-state index < -0.39 is 6.10 Å². The molecular weight excluding hydrogens is 366 g/mol. The van der Waals surface area contributed by atoms with E-state index in [0.29, 0.717) is 41.7 Å². The number of aliphatic hydroxyl groups is 1. The highest BCUT2D eigenvalue weighted by Gasteiger charge is 2.39. The van der Waals surface area contributed by atoms with E-state index >= 15 is 0 Å². The van der Waals surface area contributed by atoms with Crippen LogP contribution in [-0.2, 0) is 6.42 Å². The Balaban J connectivity index is 1.87. The van der Waals surface area contributed by atoms with Crippen LogP contribution in [0.5, 0.6) is 0 Å². The molecule has 0 amide bonds. The van der Waals surface area contributed by atoms with Crippen LogP contribution in [0.4, 0.5) is 5.82 Å². The first-order valence-corrected chi connectivity index (χ1v) is 9.85. The Hall–Kier alpha value is -3.19. The molecule has 7 nitrogen and oxygen atoms in total. The van der Waals surface area contributed by atoms with Crippen LogP contribution in [0.3, 0.4) is 0 Å². The van der Waals surface area contributed by atoms with Gasteiger partial charge in [-0.15, -0.1) is 0 Å². The highest BCUT2D eigenvalue weighted by atomic mass is 16.5. The number of amidine groups is 1. The maximum atomic E-state index is 10.9. The maximum absolute atomic E-state index is 10.9. The van der Waals surface area contributed by atoms with Gasteiger partial charge in [0.1, 0.15) is 23.1 Å². The molecule has 0 radical (unpaired) electrons. The number of aliphatic imine (C=N–C) groups is 2. The lowest BCUT2D eigenvalue weighted by molar-refractivity contribution is 0.166. The van der Waals surface area contributed by atoms with E-state index in [9.17, 15) is 5.11 Å². The fourth-order valence-corrected chi connectivity index (χ4v) is 4.33. The lowest BCUT2D eigenvalue weighted by Gasteiger charge is -2.13. The van der Waals surface area contributed by atoms with Crippen LogP contribution >= 0.6 is 0 Å². The van der Waals surface area contributed by atoms with Crippen molar-refractivity contribution in [2.45, 2.75) is 37.7 Å². The van der Waals surface area contributed by atoms with Crippen LogP contribution in [0.25, 0.3) is 16.9 Å². The van der Waals surface area contributed by atoms with E-state index in [2.05, 4.69) is 21.9 Å². The quantitative estimate of drug-likeness (QED) is 0.525. The van der Waals surface area contributed by atoms with Gasteiger partial charge in [-0.3, -0.25) is 9.56 Å². The molecule has 0 bridgehead atoms. The van der Waals surface area contributed by atoms with Crippen molar-refractivity contribution in [3.63, 3.8) is 0 Å². The normalized spacial score (nSPS) is 18.8. The average molecular weight is 389 g/mol. The summed E-state index contributed by atoms with van der Waals surface area (Å²) in [5, 5.41) is 15.4. The van der Waals surface area contributed by atoms with E-state index in [1.807, 2.05) is 34.9 Å². The molecule has 0 spiro atoms. The Bertz CT molecular complexity index is 1120. The molecule has 1 fully saturated rings. The number of nitrogens with zero attached hydrogens (tertiary/aromatic N) is 4. The zero-order valence-electron chi connectivity index (χ0n) is 16.3. The Kier molecular flexibility index (Phi) is 4.13. The number of benzene rings is 1. The number of aromatic nitrogens is 2. The van der Waals surface area contributed by atoms with Crippen LogP contribution in [-0.4, -0.2) is 34.4 Å². The van der Waals surface area contributed by atoms with E-state index in [1.165, 1.54) is 0 Å². The van der Waals surface area contributed by atoms with Crippen molar-refractivity contribution in [2.24, 2.45) is 15.7 Å². The highest BCUT2D eigenvalue weighted by Crippen LogP contribution is 2.50. The van der Waals surface area contributed by atoms with Crippen molar-refractivity contribution in [1.82, 2.24) is 9.72 Å². The molecule has 29 heavy (non-hydrogen) atoms. The zero-order valence-corrected chi connectivity index (χ0v) is 16.3. The third-order valence-electron chi connectivity index (χ3n) is 5.83. The molecule has 3 aromatic rings. The summed E-state index contributed by atoms with van der Waals surface area (Å²) in [6.07, 6.45) is 2.72. The van der Waals surface area contributed by atoms with Crippen LogP contribution in [0.15, 0.2) is 44.8 Å². The van der Waals surface area contributed by atoms with Gasteiger partial charge in [0.15, 0.2) is 0 Å². The van der Waals surface area contributed by atoms with Gasteiger partial charge in [-0.2, -0.15) is 0 Å². The largest absolute Gasteiger partial charge is 0.388 e. The van der Waals surface area contributed by atoms with Crippen LogP contribution < -0.4 is 5.73 Å². The minimum absolute atomic E-state index is 0.344. The molecule has 2 aliphatic carbocycles. The fourth-order valence-electron chi connectivity index (χ4n) is 4.33. The molecule has 5 rings (SSSR count). The van der Waals surface area contributed by atoms with Gasteiger partial charge in [0.2, 0.25) is 0 Å². The van der Waals surface area contributed by atoms with E-state index in [1.54, 1.807) is 7.05 Å². The average Bonchev–Trinajstić information content (AvgIpc) is 3.44. The summed E-state index contributed by atoms with van der Waals surface area (Å²) in [5.41, 5.74) is 11.2. The van der Waals surface area contributed by atoms with Gasteiger partial charge in [-0.25, -0.2) is 4.99 Å². The minimum atomic E-state index is -0.628. The van der Waals surface area contributed by atoms with Crippen LogP contribution in [0.2, 0.25) is 0 Å². The van der Waals surface area contributed by atoms with E-state index in [0.717, 1.165) is 41.1 Å². The predicted molar refractivity (Wildman–Crippen MR) is 112 cm³/mol. The van der Waals surface area contributed by atoms with Gasteiger partial charge in [0, 0.05) is 29.9 Å². The summed E-state index contributed by atoms with van der Waals surface area (Å²) in [6, 6.07) is 9.95. The van der Waals surface area contributed by atoms with Crippen molar-refractivity contribution in [3.8, 4) is 16.9 Å². The zero-order chi connectivity index (χ0) is 20.1. The van der Waals surface area contributed by atoms with Crippen molar-refractivity contribution in [1.29, 1.82) is 0 Å². The molecule has 1 unspecified atom stereocenters. The highest BCUT2D eigenvalue weighted by molar-refractivity contribution is 6.09. The molecule has 1 aromatic carbocycles. The third-order valence-corrected chi connectivity index (χ3v) is 5.83. The summed E-state index contributed by atoms with van der Waals surface area (Å²) in [6.45, 7) is 3.80. The van der Waals surface area contributed by atoms with Crippen molar-refractivity contribution in [2.75, 3.05) is 7.05 Å². The smallest absolute Gasteiger partial charge is 0.148 e. The Labute approximate surface area is 168 Å². The number of rotatable bonds is 4. The molecule has 7 heteroatoms. The van der Waals surface area contributed by atoms with Crippen molar-refractivity contribution < 1.29 is 9.63 Å². The number of nitrogens with two attached hydrogens (primary N) is 1. The molecule has 2 heterocycles. The molecule has 0 saturated heterocycles. The molecule has 2 aliphatic rings. The van der Waals surface area contributed by atoms with Crippen molar-refractivity contribution >= 4 is 18.4 Å². The first-order chi connectivity index (χ1) is 14.2. The molecule has 1 atom stereocenters. The molecule has 148 valence electrons. The SMILES string of the molecule is C=Nc1c(C(N)=NC)c2c(n1-c1ccccc1)CCC(O)c1c-2noc1C1CC1. The number of hydrogen-bond acceptors (Lipinski definition) is 5. The number of para-hydroxylation sites is 1. The summed E-state index contributed by atoms with van der Waals surface area (Å²) in [4.78, 5) is 8.56. The van der Waals surface area contributed by atoms with Gasteiger partial charge in [0.05, 0.1) is 17.2 Å². The molecular formula is C22H23N5O2. The summed E-state index contributed by atoms with van der Waals surface area (Å²) >= 11 is 0. The van der Waals surface area contributed by atoms with E-state index in [4.69, 9.17) is 10.3 Å². The Morgan fingerprint density at radius 2 is 2.03 bits per heavy atom. The predicted octanol–water partition coefficient (Wildman–Crippen LogP) is 3.66. The van der Waals surface area contributed by atoms with Gasteiger partial charge in [0.25, 0.3) is 0 Å². The first kappa shape index (κ1) is 17.9. The monoisotopic (exact) mass is 389 g/mol. The first-order valence-electron chi connectivity index (χ1n) is 9.85. The molecule has 3 N–H and O–H groups in total. The maximum Gasteiger partial charge on any atom is 0.148 e. The number of fused-ring (bicyclic) bond motifs is 3. The second-order valence-electron chi connectivity index (χ2n) is 7.60. The molecule has 0 aliphatic heterocycles. The molecule has 2 aromatic heterocycles. The lowest BCUT2D eigenvalue weighted by Crippen LogP contribution is -2.14. The van der Waals surface area contributed by atoms with Gasteiger partial charge >= 0.3 is 0 Å². The standard InChI is InChI=1S/C22H23N5O2/c1-24-21(23)18-16-14(27(22(18)25-2)13-6-4-3-5-7-13)10-11-15(28)17-19(16)26-29-20(17)12-8-9-12/h3-7,12,15,28H,2,8-11H2,1H3,(H2,23,24). The minimum Gasteiger partial charge on any atom is -0.388 e. The fraction of sp³-hybridized carbons (Fsp3) is 0.318. The molecule has 1 saturated carbocycles. The second-order valence-corrected chi connectivity index (χ2v) is 7.60. The number of aliphatic hydroxyl groups excluding tert-OH is 1. The van der Waals surface area contributed by atoms with Gasteiger partial charge in [-0.05, 0) is 44.5 Å². The second kappa shape index (κ2) is 6.70. The number of hydrogen-bond donors (Lipinski definition) is 2. The van der Waals surface area contributed by atoms with Gasteiger partial charge < -0.3 is 15.4 Å². The third kappa shape index (κ3) is 2.65. The Morgan fingerprint density at radius 1 is 1.28 bits per heavy atom. The topological polar surface area (TPSA) is 102 Å². The summed E-state index contributed by atoms with van der Waals surface area (Å²) in [7, 11) is 1.65. The van der Waals surface area contributed by atoms with Crippen LogP contribution in [0.1, 0.15) is 53.9 Å². The van der Waals surface area contributed by atoms with Crippen LogP contribution in [0, 0.1) is 0 Å². The summed E-state index contributed by atoms with van der Waals surface area (Å²) < 4.78 is 7.78. The van der Waals surface area contributed by atoms with E-state index in [-0.39, 0.29) is 0 Å². The Morgan fingerprint density at radius 3 is 2.69 bits per heavy atom. The van der Waals surface area contributed by atoms with Crippen molar-refractivity contribution in [3.05, 3.63) is 52.9 Å². The summed E-state index contributed by atoms with van der Waals surface area (Å²) in [5.74, 6) is 2.13.